The number of fused-ring (bicyclic) bond motifs is 1. The fourth-order valence-corrected chi connectivity index (χ4v) is 2.61. The minimum Gasteiger partial charge on any atom is -0.392 e. The molecule has 0 fully saturated rings. The number of rotatable bonds is 7. The van der Waals surface area contributed by atoms with Gasteiger partial charge in [0.25, 0.3) is 5.91 Å². The summed E-state index contributed by atoms with van der Waals surface area (Å²) in [5.74, 6) is 0.0697. The van der Waals surface area contributed by atoms with Crippen LogP contribution in [-0.4, -0.2) is 23.9 Å². The van der Waals surface area contributed by atoms with Crippen LogP contribution in [0.25, 0.3) is 0 Å². The van der Waals surface area contributed by atoms with Gasteiger partial charge in [-0.1, -0.05) is 24.8 Å². The molecule has 1 heterocycles. The molecule has 1 amide bonds. The van der Waals surface area contributed by atoms with Crippen LogP contribution in [0.15, 0.2) is 43.1 Å². The molecule has 1 aromatic rings. The second-order valence-electron chi connectivity index (χ2n) is 5.32. The molecule has 2 rings (SSSR count). The Morgan fingerprint density at radius 2 is 2.33 bits per heavy atom. The van der Waals surface area contributed by atoms with Crippen LogP contribution in [0.4, 0.5) is 0 Å². The van der Waals surface area contributed by atoms with Gasteiger partial charge in [0.05, 0.1) is 6.04 Å². The van der Waals surface area contributed by atoms with Crippen LogP contribution in [0.1, 0.15) is 34.3 Å². The lowest BCUT2D eigenvalue weighted by Gasteiger charge is -2.25. The highest BCUT2D eigenvalue weighted by Gasteiger charge is 2.31. The van der Waals surface area contributed by atoms with Crippen LogP contribution in [0.5, 0.6) is 0 Å². The van der Waals surface area contributed by atoms with E-state index in [-0.39, 0.29) is 11.9 Å². The van der Waals surface area contributed by atoms with Crippen molar-refractivity contribution in [1.82, 2.24) is 10.2 Å². The van der Waals surface area contributed by atoms with Gasteiger partial charge in [0.15, 0.2) is 0 Å². The first kappa shape index (κ1) is 15.3. The third-order valence-corrected chi connectivity index (χ3v) is 4.01. The number of nitrogens with two attached hydrogens (primary N) is 1. The van der Waals surface area contributed by atoms with E-state index in [0.717, 1.165) is 35.2 Å². The lowest BCUT2D eigenvalue weighted by molar-refractivity contribution is 0.0731. The van der Waals surface area contributed by atoms with E-state index in [1.54, 1.807) is 0 Å². The van der Waals surface area contributed by atoms with Crippen molar-refractivity contribution in [3.8, 4) is 0 Å². The zero-order valence-electron chi connectivity index (χ0n) is 12.6. The quantitative estimate of drug-likeness (QED) is 0.755. The fraction of sp³-hybridized carbons (Fsp3) is 0.353. The largest absolute Gasteiger partial charge is 0.392 e. The highest BCUT2D eigenvalue weighted by Crippen LogP contribution is 2.27. The van der Waals surface area contributed by atoms with Crippen molar-refractivity contribution in [3.63, 3.8) is 0 Å². The molecule has 4 nitrogen and oxygen atoms in total. The normalized spacial score (nSPS) is 14.8. The average Bonchev–Trinajstić information content (AvgIpc) is 2.84. The van der Waals surface area contributed by atoms with Crippen LogP contribution in [0.2, 0.25) is 0 Å². The number of carbonyl (C=O) groups excluding carboxylic acids is 1. The summed E-state index contributed by atoms with van der Waals surface area (Å²) in [7, 11) is 1.86. The summed E-state index contributed by atoms with van der Waals surface area (Å²) in [4.78, 5) is 14.5. The summed E-state index contributed by atoms with van der Waals surface area (Å²) in [6.45, 7) is 8.89. The summed E-state index contributed by atoms with van der Waals surface area (Å²) < 4.78 is 0. The van der Waals surface area contributed by atoms with E-state index in [4.69, 9.17) is 5.73 Å². The summed E-state index contributed by atoms with van der Waals surface area (Å²) in [6, 6.07) is 5.92. The first-order chi connectivity index (χ1) is 10.1. The number of hydrogen-bond acceptors (Lipinski definition) is 3. The zero-order chi connectivity index (χ0) is 15.4. The molecular formula is C17H23N3O. The van der Waals surface area contributed by atoms with E-state index in [1.807, 2.05) is 36.2 Å². The Balaban J connectivity index is 2.13. The number of nitrogens with zero attached hydrogens (tertiary/aromatic N) is 1. The first-order valence-electron chi connectivity index (χ1n) is 7.21. The van der Waals surface area contributed by atoms with Gasteiger partial charge in [0.2, 0.25) is 0 Å². The molecule has 0 bridgehead atoms. The van der Waals surface area contributed by atoms with Crippen molar-refractivity contribution in [2.75, 3.05) is 7.05 Å². The Kier molecular flexibility index (Phi) is 4.81. The predicted molar refractivity (Wildman–Crippen MR) is 85.6 cm³/mol. The molecule has 1 atom stereocenters. The highest BCUT2D eigenvalue weighted by molar-refractivity contribution is 5.98. The lowest BCUT2D eigenvalue weighted by Crippen LogP contribution is -2.34. The predicted octanol–water partition coefficient (Wildman–Crippen LogP) is 2.17. The Morgan fingerprint density at radius 1 is 1.57 bits per heavy atom. The fourth-order valence-electron chi connectivity index (χ4n) is 2.61. The second-order valence-corrected chi connectivity index (χ2v) is 5.32. The number of nitrogens with one attached hydrogen (secondary N) is 1. The number of carbonyl (C=O) groups is 1. The number of benzene rings is 1. The molecule has 1 aliphatic heterocycles. The Hall–Kier alpha value is -2.07. The van der Waals surface area contributed by atoms with Crippen molar-refractivity contribution < 1.29 is 4.79 Å². The summed E-state index contributed by atoms with van der Waals surface area (Å²) >= 11 is 0. The highest BCUT2D eigenvalue weighted by atomic mass is 16.2. The van der Waals surface area contributed by atoms with Crippen molar-refractivity contribution >= 4 is 5.91 Å². The van der Waals surface area contributed by atoms with Gasteiger partial charge >= 0.3 is 0 Å². The van der Waals surface area contributed by atoms with Crippen molar-refractivity contribution in [3.05, 3.63) is 59.8 Å². The molecule has 112 valence electrons. The summed E-state index contributed by atoms with van der Waals surface area (Å²) in [5.41, 5.74) is 9.45. The van der Waals surface area contributed by atoms with E-state index in [0.29, 0.717) is 13.1 Å². The Labute approximate surface area is 126 Å². The van der Waals surface area contributed by atoms with E-state index in [9.17, 15) is 4.79 Å². The topological polar surface area (TPSA) is 58.4 Å². The lowest BCUT2D eigenvalue weighted by atomic mass is 10.1. The van der Waals surface area contributed by atoms with Gasteiger partial charge in [0, 0.05) is 31.4 Å². The maximum absolute atomic E-state index is 12.6. The van der Waals surface area contributed by atoms with Crippen LogP contribution < -0.4 is 11.1 Å². The van der Waals surface area contributed by atoms with E-state index in [2.05, 4.69) is 18.5 Å². The van der Waals surface area contributed by atoms with Crippen molar-refractivity contribution in [1.29, 1.82) is 0 Å². The van der Waals surface area contributed by atoms with Gasteiger partial charge in [-0.05, 0) is 30.0 Å². The third-order valence-electron chi connectivity index (χ3n) is 4.01. The number of allylic oxidation sites excluding steroid dienone is 1. The maximum atomic E-state index is 12.6. The average molecular weight is 285 g/mol. The van der Waals surface area contributed by atoms with Crippen LogP contribution >= 0.6 is 0 Å². The molecule has 0 aromatic heterocycles. The molecule has 0 saturated heterocycles. The zero-order valence-corrected chi connectivity index (χ0v) is 12.6. The van der Waals surface area contributed by atoms with Gasteiger partial charge in [-0.15, -0.1) is 6.58 Å². The summed E-state index contributed by atoms with van der Waals surface area (Å²) in [5, 5.41) is 3.03. The number of amides is 1. The van der Waals surface area contributed by atoms with Crippen molar-refractivity contribution in [2.24, 2.45) is 5.73 Å². The van der Waals surface area contributed by atoms with Crippen LogP contribution in [0, 0.1) is 0 Å². The Bertz CT molecular complexity index is 565. The summed E-state index contributed by atoms with van der Waals surface area (Å²) in [6.07, 6.45) is 3.49. The monoisotopic (exact) mass is 285 g/mol. The van der Waals surface area contributed by atoms with Crippen molar-refractivity contribution in [2.45, 2.75) is 32.0 Å². The smallest absolute Gasteiger partial charge is 0.255 e. The molecule has 1 aliphatic rings. The molecule has 0 radical (unpaired) electrons. The molecule has 4 heteroatoms. The number of hydrogen-bond donors (Lipinski definition) is 2. The van der Waals surface area contributed by atoms with Gasteiger partial charge in [-0.3, -0.25) is 4.79 Å². The molecule has 0 aliphatic carbocycles. The second kappa shape index (κ2) is 6.59. The van der Waals surface area contributed by atoms with Gasteiger partial charge in [0.1, 0.15) is 0 Å². The minimum absolute atomic E-state index is 0.0244. The van der Waals surface area contributed by atoms with E-state index in [1.165, 1.54) is 0 Å². The van der Waals surface area contributed by atoms with Crippen LogP contribution in [0.3, 0.4) is 0 Å². The molecule has 1 unspecified atom stereocenters. The maximum Gasteiger partial charge on any atom is 0.255 e. The first-order valence-corrected chi connectivity index (χ1v) is 7.21. The van der Waals surface area contributed by atoms with Gasteiger partial charge in [-0.2, -0.15) is 0 Å². The van der Waals surface area contributed by atoms with Gasteiger partial charge < -0.3 is 16.0 Å². The molecule has 0 saturated carbocycles. The third kappa shape index (κ3) is 3.16. The van der Waals surface area contributed by atoms with Crippen LogP contribution in [-0.2, 0) is 13.1 Å². The molecule has 21 heavy (non-hydrogen) atoms. The van der Waals surface area contributed by atoms with E-state index >= 15 is 0 Å². The molecule has 3 N–H and O–H groups in total. The Morgan fingerprint density at radius 3 is 2.95 bits per heavy atom. The molecule has 1 aromatic carbocycles. The standard InChI is InChI=1S/C17H23N3O/c1-4-15(8-5-12(2)19-3)20-11-14-7-6-13(10-18)9-16(14)17(20)21/h4,6-7,9,15,19H,1-2,5,8,10-11,18H2,3H3. The van der Waals surface area contributed by atoms with Gasteiger partial charge in [-0.25, -0.2) is 0 Å². The molecule has 0 spiro atoms. The minimum atomic E-state index is 0.0244. The SMILES string of the molecule is C=CC(CCC(=C)NC)N1Cc2ccc(CN)cc2C1=O. The molecular weight excluding hydrogens is 262 g/mol. The van der Waals surface area contributed by atoms with E-state index < -0.39 is 0 Å².